The highest BCUT2D eigenvalue weighted by Crippen LogP contribution is 2.36. The molecule has 1 unspecified atom stereocenters. The molecule has 0 aliphatic rings. The van der Waals surface area contributed by atoms with Crippen LogP contribution < -0.4 is 4.74 Å². The summed E-state index contributed by atoms with van der Waals surface area (Å²) in [5.41, 5.74) is 1.82. The van der Waals surface area contributed by atoms with Crippen LogP contribution in [0.25, 0.3) is 0 Å². The van der Waals surface area contributed by atoms with Crippen LogP contribution in [0.2, 0.25) is 5.02 Å². The molecule has 3 rings (SSSR count). The predicted molar refractivity (Wildman–Crippen MR) is 134 cm³/mol. The van der Waals surface area contributed by atoms with Crippen LogP contribution in [-0.4, -0.2) is 36.3 Å². The number of hydrogen-bond acceptors (Lipinski definition) is 3. The van der Waals surface area contributed by atoms with Crippen LogP contribution in [0.15, 0.2) is 72.8 Å². The maximum atomic E-state index is 13.4. The quantitative estimate of drug-likeness (QED) is 0.270. The number of hydrogen-bond donors (Lipinski definition) is 1. The summed E-state index contributed by atoms with van der Waals surface area (Å²) in [6, 6.07) is 21.7. The first-order chi connectivity index (χ1) is 16.8. The number of alkyl halides is 3. The molecule has 0 fully saturated rings. The lowest BCUT2D eigenvalue weighted by Gasteiger charge is -2.27. The Morgan fingerprint density at radius 2 is 1.74 bits per heavy atom. The van der Waals surface area contributed by atoms with Crippen LogP contribution in [0, 0.1) is 0 Å². The van der Waals surface area contributed by atoms with Crippen LogP contribution in [0.5, 0.6) is 5.75 Å². The summed E-state index contributed by atoms with van der Waals surface area (Å²) >= 11 is 6.18. The van der Waals surface area contributed by atoms with Gasteiger partial charge in [-0.15, -0.1) is 0 Å². The molecule has 35 heavy (non-hydrogen) atoms. The van der Waals surface area contributed by atoms with Crippen LogP contribution in [0.3, 0.4) is 0 Å². The Morgan fingerprint density at radius 1 is 1.00 bits per heavy atom. The highest BCUT2D eigenvalue weighted by molar-refractivity contribution is 6.32. The molecule has 7 heteroatoms. The molecule has 0 aliphatic carbocycles. The second kappa shape index (κ2) is 13.0. The third kappa shape index (κ3) is 8.27. The molecule has 0 aromatic heterocycles. The highest BCUT2D eigenvalue weighted by Gasteiger charge is 2.34. The third-order valence-electron chi connectivity index (χ3n) is 5.87. The molecule has 0 spiro atoms. The van der Waals surface area contributed by atoms with Gasteiger partial charge in [-0.3, -0.25) is 4.90 Å². The maximum Gasteiger partial charge on any atom is 0.417 e. The standard InChI is InChI=1S/C28H31ClF3NO2/c1-21(23-9-3-2-4-10-23)19-33(20-24-11-6-13-26(27(24)29)28(30,31)32)15-7-17-35-25-12-5-8-22(18-25)14-16-34/h2-6,8-13,18,21,34H,7,14-17,19-20H2,1H3. The van der Waals surface area contributed by atoms with Crippen molar-refractivity contribution in [3.05, 3.63) is 100 Å². The van der Waals surface area contributed by atoms with Crippen molar-refractivity contribution in [2.75, 3.05) is 26.3 Å². The van der Waals surface area contributed by atoms with Gasteiger partial charge >= 0.3 is 6.18 Å². The zero-order chi connectivity index (χ0) is 25.3. The lowest BCUT2D eigenvalue weighted by molar-refractivity contribution is -0.137. The van der Waals surface area contributed by atoms with E-state index >= 15 is 0 Å². The average Bonchev–Trinajstić information content (AvgIpc) is 2.83. The first-order valence-electron chi connectivity index (χ1n) is 11.7. The molecule has 0 radical (unpaired) electrons. The first kappa shape index (κ1) is 27.1. The minimum Gasteiger partial charge on any atom is -0.494 e. The van der Waals surface area contributed by atoms with E-state index in [4.69, 9.17) is 21.4 Å². The Kier molecular flexibility index (Phi) is 10.0. The Hall–Kier alpha value is -2.54. The van der Waals surface area contributed by atoms with E-state index in [1.807, 2.05) is 42.5 Å². The van der Waals surface area contributed by atoms with Crippen molar-refractivity contribution in [2.24, 2.45) is 0 Å². The monoisotopic (exact) mass is 505 g/mol. The molecule has 0 saturated carbocycles. The fraction of sp³-hybridized carbons (Fsp3) is 0.357. The zero-order valence-corrected chi connectivity index (χ0v) is 20.5. The number of ether oxygens (including phenoxy) is 1. The van der Waals surface area contributed by atoms with Gasteiger partial charge in [-0.05, 0) is 53.6 Å². The van der Waals surface area contributed by atoms with E-state index in [0.717, 1.165) is 17.4 Å². The fourth-order valence-electron chi connectivity index (χ4n) is 4.07. The Balaban J connectivity index is 1.68. The lowest BCUT2D eigenvalue weighted by Crippen LogP contribution is -2.30. The van der Waals surface area contributed by atoms with Gasteiger partial charge in [0.05, 0.1) is 17.2 Å². The SMILES string of the molecule is CC(CN(CCCOc1cccc(CCO)c1)Cc1cccc(C(F)(F)F)c1Cl)c1ccccc1. The van der Waals surface area contributed by atoms with Gasteiger partial charge in [0, 0.05) is 26.2 Å². The number of benzene rings is 3. The molecule has 188 valence electrons. The van der Waals surface area contributed by atoms with Crippen molar-refractivity contribution < 1.29 is 23.0 Å². The number of rotatable bonds is 12. The maximum absolute atomic E-state index is 13.4. The van der Waals surface area contributed by atoms with Crippen molar-refractivity contribution in [1.82, 2.24) is 4.90 Å². The summed E-state index contributed by atoms with van der Waals surface area (Å²) in [5, 5.41) is 8.88. The van der Waals surface area contributed by atoms with Crippen LogP contribution >= 0.6 is 11.6 Å². The molecule has 0 aliphatic heterocycles. The molecule has 3 aromatic rings. The Labute approximate surface area is 210 Å². The largest absolute Gasteiger partial charge is 0.494 e. The highest BCUT2D eigenvalue weighted by atomic mass is 35.5. The van der Waals surface area contributed by atoms with E-state index in [1.165, 1.54) is 11.6 Å². The molecule has 3 nitrogen and oxygen atoms in total. The minimum atomic E-state index is -4.49. The van der Waals surface area contributed by atoms with Gasteiger partial charge in [0.15, 0.2) is 0 Å². The Bertz CT molecular complexity index is 1060. The van der Waals surface area contributed by atoms with E-state index in [9.17, 15) is 13.2 Å². The van der Waals surface area contributed by atoms with Gasteiger partial charge in [-0.1, -0.05) is 73.1 Å². The van der Waals surface area contributed by atoms with Gasteiger partial charge < -0.3 is 9.84 Å². The molecule has 3 aromatic carbocycles. The van der Waals surface area contributed by atoms with E-state index in [0.29, 0.717) is 44.6 Å². The zero-order valence-electron chi connectivity index (χ0n) is 19.8. The predicted octanol–water partition coefficient (Wildman–Crippen LogP) is 6.97. The van der Waals surface area contributed by atoms with Crippen molar-refractivity contribution in [3.63, 3.8) is 0 Å². The van der Waals surface area contributed by atoms with Gasteiger partial charge in [0.25, 0.3) is 0 Å². The molecule has 0 heterocycles. The normalized spacial score (nSPS) is 12.7. The second-order valence-corrected chi connectivity index (χ2v) is 9.02. The smallest absolute Gasteiger partial charge is 0.417 e. The van der Waals surface area contributed by atoms with Crippen LogP contribution in [-0.2, 0) is 19.1 Å². The third-order valence-corrected chi connectivity index (χ3v) is 6.31. The first-order valence-corrected chi connectivity index (χ1v) is 12.1. The topological polar surface area (TPSA) is 32.7 Å². The lowest BCUT2D eigenvalue weighted by atomic mass is 10.00. The van der Waals surface area contributed by atoms with Crippen LogP contribution in [0.1, 0.15) is 41.5 Å². The van der Waals surface area contributed by atoms with E-state index < -0.39 is 11.7 Å². The number of halogens is 4. The second-order valence-electron chi connectivity index (χ2n) is 8.65. The fourth-order valence-corrected chi connectivity index (χ4v) is 4.36. The summed E-state index contributed by atoms with van der Waals surface area (Å²) in [7, 11) is 0. The van der Waals surface area contributed by atoms with Crippen molar-refractivity contribution in [3.8, 4) is 5.75 Å². The Morgan fingerprint density at radius 3 is 2.46 bits per heavy atom. The number of aliphatic hydroxyl groups excluding tert-OH is 1. The van der Waals surface area contributed by atoms with Crippen molar-refractivity contribution in [1.29, 1.82) is 0 Å². The summed E-state index contributed by atoms with van der Waals surface area (Å²) in [6.07, 6.45) is -3.23. The van der Waals surface area contributed by atoms with Gasteiger partial charge in [-0.2, -0.15) is 13.2 Å². The summed E-state index contributed by atoms with van der Waals surface area (Å²) < 4.78 is 46.0. The number of nitrogens with zero attached hydrogens (tertiary/aromatic N) is 1. The molecule has 0 bridgehead atoms. The van der Waals surface area contributed by atoms with E-state index in [2.05, 4.69) is 24.0 Å². The summed E-state index contributed by atoms with van der Waals surface area (Å²) in [5.74, 6) is 0.929. The molecule has 1 atom stereocenters. The van der Waals surface area contributed by atoms with E-state index in [1.54, 1.807) is 6.07 Å². The number of aliphatic hydroxyl groups is 1. The average molecular weight is 506 g/mol. The molecule has 0 saturated heterocycles. The molecule has 1 N–H and O–H groups in total. The van der Waals surface area contributed by atoms with Crippen molar-refractivity contribution >= 4 is 11.6 Å². The minimum absolute atomic E-state index is 0.0795. The van der Waals surface area contributed by atoms with Crippen molar-refractivity contribution in [2.45, 2.75) is 38.4 Å². The van der Waals surface area contributed by atoms with Gasteiger partial charge in [0.2, 0.25) is 0 Å². The summed E-state index contributed by atoms with van der Waals surface area (Å²) in [4.78, 5) is 2.13. The van der Waals surface area contributed by atoms with Gasteiger partial charge in [-0.25, -0.2) is 0 Å². The summed E-state index contributed by atoms with van der Waals surface area (Å²) in [6.45, 7) is 4.28. The molecular formula is C28H31ClF3NO2. The van der Waals surface area contributed by atoms with Crippen LogP contribution in [0.4, 0.5) is 13.2 Å². The van der Waals surface area contributed by atoms with E-state index in [-0.39, 0.29) is 17.5 Å². The van der Waals surface area contributed by atoms with Gasteiger partial charge in [0.1, 0.15) is 5.75 Å². The molecule has 0 amide bonds. The molecular weight excluding hydrogens is 475 g/mol.